The third kappa shape index (κ3) is 4.33. The first-order valence-corrected chi connectivity index (χ1v) is 8.39. The molecule has 0 aliphatic carbocycles. The van der Waals surface area contributed by atoms with E-state index in [2.05, 4.69) is 5.32 Å². The van der Waals surface area contributed by atoms with Crippen molar-refractivity contribution >= 4 is 5.91 Å². The van der Waals surface area contributed by atoms with Crippen LogP contribution in [0.25, 0.3) is 0 Å². The predicted octanol–water partition coefficient (Wildman–Crippen LogP) is 2.67. The highest BCUT2D eigenvalue weighted by Gasteiger charge is 2.20. The molecule has 0 heterocycles. The van der Waals surface area contributed by atoms with Crippen molar-refractivity contribution in [3.63, 3.8) is 0 Å². The molecule has 8 nitrogen and oxygen atoms in total. The van der Waals surface area contributed by atoms with Gasteiger partial charge >= 0.3 is 0 Å². The Bertz CT molecular complexity index is 836. The summed E-state index contributed by atoms with van der Waals surface area (Å²) in [6.45, 7) is 0.179. The molecule has 0 unspecified atom stereocenters. The third-order valence-corrected chi connectivity index (χ3v) is 4.14. The summed E-state index contributed by atoms with van der Waals surface area (Å²) < 4.78 is 31.9. The monoisotopic (exact) mass is 391 g/mol. The molecule has 1 N–H and O–H groups in total. The van der Waals surface area contributed by atoms with Crippen molar-refractivity contribution in [3.8, 4) is 34.5 Å². The van der Waals surface area contributed by atoms with Crippen molar-refractivity contribution in [3.05, 3.63) is 35.4 Å². The van der Waals surface area contributed by atoms with Crippen molar-refractivity contribution in [2.45, 2.75) is 6.54 Å². The van der Waals surface area contributed by atoms with Crippen LogP contribution in [0.5, 0.6) is 34.5 Å². The summed E-state index contributed by atoms with van der Waals surface area (Å²) in [7, 11) is 9.09. The van der Waals surface area contributed by atoms with Crippen LogP contribution < -0.4 is 33.7 Å². The number of rotatable bonds is 9. The molecule has 0 saturated heterocycles. The Labute approximate surface area is 164 Å². The standard InChI is InChI=1S/C20H25NO7/c1-23-13-7-12(18(27-5)16(9-13)25-3)11-21-20(22)15-8-14(24-2)10-17(26-4)19(15)28-6/h7-10H,11H2,1-6H3,(H,21,22). The predicted molar refractivity (Wildman–Crippen MR) is 103 cm³/mol. The zero-order valence-electron chi connectivity index (χ0n) is 16.9. The number of methoxy groups -OCH3 is 6. The summed E-state index contributed by atoms with van der Waals surface area (Å²) >= 11 is 0. The lowest BCUT2D eigenvalue weighted by molar-refractivity contribution is 0.0946. The first-order valence-electron chi connectivity index (χ1n) is 8.39. The summed E-state index contributed by atoms with van der Waals surface area (Å²) in [5, 5.41) is 2.85. The van der Waals surface area contributed by atoms with Crippen molar-refractivity contribution in [2.24, 2.45) is 0 Å². The van der Waals surface area contributed by atoms with Gasteiger partial charge < -0.3 is 33.7 Å². The molecule has 0 spiro atoms. The van der Waals surface area contributed by atoms with E-state index in [-0.39, 0.29) is 18.0 Å². The highest BCUT2D eigenvalue weighted by atomic mass is 16.5. The SMILES string of the molecule is COc1cc(CNC(=O)c2cc(OC)cc(OC)c2OC)c(OC)c(OC)c1. The zero-order valence-corrected chi connectivity index (χ0v) is 16.9. The minimum Gasteiger partial charge on any atom is -0.497 e. The van der Waals surface area contributed by atoms with Crippen molar-refractivity contribution in [1.29, 1.82) is 0 Å². The fraction of sp³-hybridized carbons (Fsp3) is 0.350. The fourth-order valence-corrected chi connectivity index (χ4v) is 2.76. The lowest BCUT2D eigenvalue weighted by atomic mass is 10.1. The van der Waals surface area contributed by atoms with Crippen molar-refractivity contribution in [2.75, 3.05) is 42.7 Å². The van der Waals surface area contributed by atoms with Gasteiger partial charge in [0.2, 0.25) is 0 Å². The molecule has 0 aliphatic heterocycles. The number of hydrogen-bond donors (Lipinski definition) is 1. The lowest BCUT2D eigenvalue weighted by Gasteiger charge is -2.17. The van der Waals surface area contributed by atoms with Crippen LogP contribution in [-0.4, -0.2) is 48.6 Å². The molecule has 0 radical (unpaired) electrons. The maximum absolute atomic E-state index is 12.8. The minimum absolute atomic E-state index is 0.179. The van der Waals surface area contributed by atoms with Crippen LogP contribution in [-0.2, 0) is 6.54 Å². The van der Waals surface area contributed by atoms with Gasteiger partial charge in [0.25, 0.3) is 5.91 Å². The number of benzene rings is 2. The molecule has 152 valence electrons. The van der Waals surface area contributed by atoms with E-state index >= 15 is 0 Å². The van der Waals surface area contributed by atoms with Gasteiger partial charge in [-0.3, -0.25) is 4.79 Å². The normalized spacial score (nSPS) is 10.1. The molecular formula is C20H25NO7. The van der Waals surface area contributed by atoms with E-state index in [0.29, 0.717) is 40.1 Å². The quantitative estimate of drug-likeness (QED) is 0.703. The van der Waals surface area contributed by atoms with E-state index in [9.17, 15) is 4.79 Å². The van der Waals surface area contributed by atoms with Crippen LogP contribution >= 0.6 is 0 Å². The Balaban J connectivity index is 2.34. The zero-order chi connectivity index (χ0) is 20.7. The topological polar surface area (TPSA) is 84.5 Å². The van der Waals surface area contributed by atoms with Crippen molar-refractivity contribution < 1.29 is 33.2 Å². The number of nitrogens with one attached hydrogen (secondary N) is 1. The van der Waals surface area contributed by atoms with Crippen LogP contribution in [0.15, 0.2) is 24.3 Å². The number of ether oxygens (including phenoxy) is 6. The van der Waals surface area contributed by atoms with E-state index in [1.165, 1.54) is 35.5 Å². The minimum atomic E-state index is -0.363. The van der Waals surface area contributed by atoms with Gasteiger partial charge in [-0.2, -0.15) is 0 Å². The van der Waals surface area contributed by atoms with Crippen LogP contribution in [0.1, 0.15) is 15.9 Å². The summed E-state index contributed by atoms with van der Waals surface area (Å²) in [5.74, 6) is 2.43. The van der Waals surface area contributed by atoms with E-state index < -0.39 is 0 Å². The smallest absolute Gasteiger partial charge is 0.255 e. The highest BCUT2D eigenvalue weighted by molar-refractivity contribution is 5.98. The second-order valence-corrected chi connectivity index (χ2v) is 5.62. The summed E-state index contributed by atoms with van der Waals surface area (Å²) in [6, 6.07) is 6.71. The number of hydrogen-bond acceptors (Lipinski definition) is 7. The Morgan fingerprint density at radius 1 is 0.714 bits per heavy atom. The van der Waals surface area contributed by atoms with Gasteiger partial charge in [0.05, 0.1) is 48.2 Å². The van der Waals surface area contributed by atoms with Gasteiger partial charge in [-0.1, -0.05) is 0 Å². The Morgan fingerprint density at radius 3 is 1.75 bits per heavy atom. The largest absolute Gasteiger partial charge is 0.497 e. The van der Waals surface area contributed by atoms with Crippen molar-refractivity contribution in [1.82, 2.24) is 5.32 Å². The van der Waals surface area contributed by atoms with Gasteiger partial charge in [-0.25, -0.2) is 0 Å². The van der Waals surface area contributed by atoms with E-state index in [0.717, 1.165) is 0 Å². The number of carbonyl (C=O) groups is 1. The molecule has 2 aromatic rings. The van der Waals surface area contributed by atoms with Gasteiger partial charge in [0, 0.05) is 24.2 Å². The molecule has 0 aromatic heterocycles. The first kappa shape index (κ1) is 21.0. The van der Waals surface area contributed by atoms with Gasteiger partial charge in [-0.15, -0.1) is 0 Å². The van der Waals surface area contributed by atoms with Gasteiger partial charge in [-0.05, 0) is 12.1 Å². The fourth-order valence-electron chi connectivity index (χ4n) is 2.76. The maximum atomic E-state index is 12.8. The van der Waals surface area contributed by atoms with Crippen LogP contribution in [0.4, 0.5) is 0 Å². The number of amides is 1. The molecule has 0 fully saturated rings. The average Bonchev–Trinajstić information content (AvgIpc) is 2.75. The molecule has 2 aromatic carbocycles. The Hall–Kier alpha value is -3.29. The van der Waals surface area contributed by atoms with Gasteiger partial charge in [0.15, 0.2) is 23.0 Å². The maximum Gasteiger partial charge on any atom is 0.255 e. The van der Waals surface area contributed by atoms with Crippen LogP contribution in [0, 0.1) is 0 Å². The summed E-state index contributed by atoms with van der Waals surface area (Å²) in [6.07, 6.45) is 0. The van der Waals surface area contributed by atoms with Crippen LogP contribution in [0.2, 0.25) is 0 Å². The number of carbonyl (C=O) groups excluding carboxylic acids is 1. The molecule has 1 amide bonds. The van der Waals surface area contributed by atoms with Gasteiger partial charge in [0.1, 0.15) is 11.5 Å². The molecule has 0 bridgehead atoms. The van der Waals surface area contributed by atoms with E-state index in [4.69, 9.17) is 28.4 Å². The summed E-state index contributed by atoms with van der Waals surface area (Å²) in [5.41, 5.74) is 0.980. The van der Waals surface area contributed by atoms with Crippen LogP contribution in [0.3, 0.4) is 0 Å². The third-order valence-electron chi connectivity index (χ3n) is 4.14. The summed E-state index contributed by atoms with van der Waals surface area (Å²) in [4.78, 5) is 12.8. The van der Waals surface area contributed by atoms with E-state index in [1.54, 1.807) is 31.4 Å². The lowest BCUT2D eigenvalue weighted by Crippen LogP contribution is -2.24. The highest BCUT2D eigenvalue weighted by Crippen LogP contribution is 2.37. The molecule has 0 aliphatic rings. The second kappa shape index (κ2) is 9.59. The first-order chi connectivity index (χ1) is 13.5. The Morgan fingerprint density at radius 2 is 1.25 bits per heavy atom. The average molecular weight is 391 g/mol. The molecule has 0 atom stereocenters. The molecule has 2 rings (SSSR count). The second-order valence-electron chi connectivity index (χ2n) is 5.62. The molecule has 28 heavy (non-hydrogen) atoms. The molecule has 8 heteroatoms. The molecule has 0 saturated carbocycles. The molecular weight excluding hydrogens is 366 g/mol. The Kier molecular flexibility index (Phi) is 7.20. The van der Waals surface area contributed by atoms with E-state index in [1.807, 2.05) is 0 Å².